The molecule has 0 unspecified atom stereocenters. The first kappa shape index (κ1) is 26.7. The molecule has 1 fully saturated rings. The number of imidazole rings is 1. The third-order valence-corrected chi connectivity index (χ3v) is 8.70. The zero-order valence-electron chi connectivity index (χ0n) is 24.0. The van der Waals surface area contributed by atoms with Crippen LogP contribution in [-0.2, 0) is 23.1 Å². The van der Waals surface area contributed by atoms with Gasteiger partial charge in [0.25, 0.3) is 0 Å². The molecule has 4 aromatic heterocycles. The van der Waals surface area contributed by atoms with Gasteiger partial charge in [0.2, 0.25) is 0 Å². The van der Waals surface area contributed by atoms with E-state index < -0.39 is 0 Å². The van der Waals surface area contributed by atoms with Gasteiger partial charge in [-0.25, -0.2) is 9.97 Å². The highest BCUT2D eigenvalue weighted by Crippen LogP contribution is 2.50. The van der Waals surface area contributed by atoms with E-state index in [0.29, 0.717) is 17.5 Å². The Hall–Kier alpha value is -3.52. The summed E-state index contributed by atoms with van der Waals surface area (Å²) in [7, 11) is 0. The minimum absolute atomic E-state index is 0.115. The number of benzene rings is 1. The second-order valence-corrected chi connectivity index (χ2v) is 13.8. The summed E-state index contributed by atoms with van der Waals surface area (Å²) in [5.74, 6) is 2.58. The number of hydrogen-bond acceptors (Lipinski definition) is 7. The number of carbonyl (C=O) groups excluding carboxylic acids is 1. The molecule has 1 aliphatic carbocycles. The van der Waals surface area contributed by atoms with E-state index >= 15 is 0 Å². The van der Waals surface area contributed by atoms with Gasteiger partial charge < -0.3 is 9.84 Å². The number of fused-ring (bicyclic) bond motifs is 3. The largest absolute Gasteiger partial charge is 0.369 e. The molecular formula is C32H37N5O2S. The van der Waals surface area contributed by atoms with Gasteiger partial charge in [-0.15, -0.1) is 0 Å². The fourth-order valence-corrected chi connectivity index (χ4v) is 6.41. The number of anilines is 1. The van der Waals surface area contributed by atoms with Crippen LogP contribution in [-0.4, -0.2) is 31.9 Å². The average Bonchev–Trinajstić information content (AvgIpc) is 3.20. The number of ketones is 1. The third-order valence-electron chi connectivity index (χ3n) is 7.73. The van der Waals surface area contributed by atoms with Crippen LogP contribution in [0.4, 0.5) is 5.82 Å². The van der Waals surface area contributed by atoms with Gasteiger partial charge >= 0.3 is 0 Å². The van der Waals surface area contributed by atoms with Crippen molar-refractivity contribution in [1.82, 2.24) is 19.5 Å². The molecule has 8 heteroatoms. The van der Waals surface area contributed by atoms with E-state index in [1.54, 1.807) is 11.3 Å². The first-order chi connectivity index (χ1) is 19.1. The van der Waals surface area contributed by atoms with Crippen molar-refractivity contribution in [2.75, 3.05) is 11.9 Å². The predicted molar refractivity (Wildman–Crippen MR) is 161 cm³/mol. The summed E-state index contributed by atoms with van der Waals surface area (Å²) >= 11 is 1.61. The maximum atomic E-state index is 12.7. The number of hydrogen-bond donors (Lipinski definition) is 1. The Bertz CT molecular complexity index is 1670. The van der Waals surface area contributed by atoms with Crippen molar-refractivity contribution in [3.05, 3.63) is 65.7 Å². The number of thiazole rings is 1. The maximum absolute atomic E-state index is 12.7. The van der Waals surface area contributed by atoms with Crippen LogP contribution in [0.15, 0.2) is 53.2 Å². The van der Waals surface area contributed by atoms with Gasteiger partial charge in [-0.3, -0.25) is 9.20 Å². The molecule has 0 bridgehead atoms. The molecule has 0 aliphatic heterocycles. The lowest BCUT2D eigenvalue weighted by molar-refractivity contribution is -0.117. The summed E-state index contributed by atoms with van der Waals surface area (Å²) < 4.78 is 7.53. The van der Waals surface area contributed by atoms with Crippen LogP contribution in [0, 0.1) is 11.3 Å². The van der Waals surface area contributed by atoms with E-state index in [4.69, 9.17) is 14.5 Å². The normalized spacial score (nSPS) is 14.8. The Morgan fingerprint density at radius 1 is 1.10 bits per heavy atom. The highest BCUT2D eigenvalue weighted by atomic mass is 32.1. The van der Waals surface area contributed by atoms with Crippen LogP contribution >= 0.6 is 11.3 Å². The Kier molecular flexibility index (Phi) is 6.77. The molecule has 0 atom stereocenters. The van der Waals surface area contributed by atoms with Gasteiger partial charge in [-0.2, -0.15) is 0 Å². The molecule has 7 nitrogen and oxygen atoms in total. The lowest BCUT2D eigenvalue weighted by atomic mass is 9.93. The van der Waals surface area contributed by atoms with Crippen LogP contribution in [0.5, 0.6) is 0 Å². The Morgan fingerprint density at radius 2 is 1.88 bits per heavy atom. The first-order valence-electron chi connectivity index (χ1n) is 14.2. The fourth-order valence-electron chi connectivity index (χ4n) is 5.43. The minimum Gasteiger partial charge on any atom is -0.369 e. The number of carbonyl (C=O) groups is 1. The molecule has 4 heterocycles. The highest BCUT2D eigenvalue weighted by Gasteiger charge is 2.42. The molecule has 1 saturated carbocycles. The number of rotatable bonds is 10. The minimum atomic E-state index is -0.124. The molecule has 1 aliphatic rings. The van der Waals surface area contributed by atoms with E-state index in [9.17, 15) is 4.79 Å². The summed E-state index contributed by atoms with van der Waals surface area (Å²) in [5, 5.41) is 7.67. The van der Waals surface area contributed by atoms with Crippen molar-refractivity contribution in [2.24, 2.45) is 11.3 Å². The Morgan fingerprint density at radius 3 is 2.55 bits per heavy atom. The molecule has 0 spiro atoms. The molecule has 208 valence electrons. The van der Waals surface area contributed by atoms with Crippen molar-refractivity contribution < 1.29 is 9.32 Å². The number of nitrogens with one attached hydrogen (secondary N) is 1. The fraction of sp³-hybridized carbons (Fsp3) is 0.438. The van der Waals surface area contributed by atoms with Crippen molar-refractivity contribution in [2.45, 2.75) is 72.1 Å². The van der Waals surface area contributed by atoms with E-state index in [2.05, 4.69) is 67.8 Å². The van der Waals surface area contributed by atoms with Gasteiger partial charge in [0.05, 0.1) is 23.3 Å². The first-order valence-corrected chi connectivity index (χ1v) is 15.0. The summed E-state index contributed by atoms with van der Waals surface area (Å²) in [6, 6.07) is 14.2. The maximum Gasteiger partial charge on any atom is 0.196 e. The van der Waals surface area contributed by atoms with Crippen LogP contribution < -0.4 is 5.32 Å². The molecule has 0 saturated heterocycles. The van der Waals surface area contributed by atoms with Gasteiger partial charge in [0.1, 0.15) is 22.2 Å². The lowest BCUT2D eigenvalue weighted by Crippen LogP contribution is -2.18. The topological polar surface area (TPSA) is 85.3 Å². The van der Waals surface area contributed by atoms with Crippen molar-refractivity contribution in [1.29, 1.82) is 0 Å². The quantitative estimate of drug-likeness (QED) is 0.192. The Balaban J connectivity index is 1.10. The zero-order valence-corrected chi connectivity index (χ0v) is 24.8. The molecule has 0 amide bonds. The number of pyridine rings is 1. The second-order valence-electron chi connectivity index (χ2n) is 12.9. The van der Waals surface area contributed by atoms with Gasteiger partial charge in [-0.05, 0) is 48.3 Å². The lowest BCUT2D eigenvalue weighted by Gasteiger charge is -2.18. The molecule has 1 N–H and O–H groups in total. The van der Waals surface area contributed by atoms with E-state index in [-0.39, 0.29) is 17.6 Å². The second kappa shape index (κ2) is 10.1. The van der Waals surface area contributed by atoms with Crippen LogP contribution in [0.3, 0.4) is 0 Å². The molecule has 40 heavy (non-hydrogen) atoms. The zero-order chi connectivity index (χ0) is 28.1. The SMILES string of the molecule is CC(C)CC1(CNc2ccc3c(n2)sc2nc(-c4ccc(CC(=O)Cc5cc(C(C)(C)C)on5)cc4)cn23)CC1. The summed E-state index contributed by atoms with van der Waals surface area (Å²) in [5.41, 5.74) is 5.00. The molecule has 5 aromatic rings. The number of Topliss-reactive ketones (excluding diaryl/α,β-unsaturated/α-hetero) is 1. The average molecular weight is 556 g/mol. The van der Waals surface area contributed by atoms with E-state index in [0.717, 1.165) is 56.2 Å². The monoisotopic (exact) mass is 555 g/mol. The van der Waals surface area contributed by atoms with Crippen LogP contribution in [0.25, 0.3) is 26.6 Å². The van der Waals surface area contributed by atoms with Gasteiger partial charge in [0, 0.05) is 36.2 Å². The third kappa shape index (κ3) is 5.68. The van der Waals surface area contributed by atoms with Crippen LogP contribution in [0.2, 0.25) is 0 Å². The smallest absolute Gasteiger partial charge is 0.196 e. The number of nitrogens with zero attached hydrogens (tertiary/aromatic N) is 4. The van der Waals surface area contributed by atoms with Gasteiger partial charge in [-0.1, -0.05) is 75.4 Å². The Labute approximate surface area is 239 Å². The predicted octanol–water partition coefficient (Wildman–Crippen LogP) is 7.49. The summed E-state index contributed by atoms with van der Waals surface area (Å²) in [6.45, 7) is 11.8. The standard InChI is InChI=1S/C32H37N5O2S/c1-20(2)17-32(12-13-32)19-33-28-11-10-26-29(35-28)40-30-34-25(18-37(26)30)22-8-6-21(7-9-22)14-24(38)15-23-16-27(39-36-23)31(3,4)5/h6-11,16,18,20H,12-15,17,19H2,1-5H3,(H,33,35). The van der Waals surface area contributed by atoms with E-state index in [1.165, 1.54) is 19.3 Å². The van der Waals surface area contributed by atoms with Crippen molar-refractivity contribution in [3.8, 4) is 11.3 Å². The molecule has 6 rings (SSSR count). The number of aromatic nitrogens is 4. The summed E-state index contributed by atoms with van der Waals surface area (Å²) in [6.07, 6.45) is 6.61. The molecular weight excluding hydrogens is 518 g/mol. The van der Waals surface area contributed by atoms with Crippen LogP contribution in [0.1, 0.15) is 70.9 Å². The summed E-state index contributed by atoms with van der Waals surface area (Å²) in [4.78, 5) is 24.3. The highest BCUT2D eigenvalue weighted by molar-refractivity contribution is 7.23. The molecule has 1 aromatic carbocycles. The van der Waals surface area contributed by atoms with E-state index in [1.807, 2.05) is 30.3 Å². The van der Waals surface area contributed by atoms with Crippen molar-refractivity contribution in [3.63, 3.8) is 0 Å². The van der Waals surface area contributed by atoms with Gasteiger partial charge in [0.15, 0.2) is 4.96 Å². The van der Waals surface area contributed by atoms with Crippen molar-refractivity contribution >= 4 is 38.2 Å². The molecule has 0 radical (unpaired) electrons.